The van der Waals surface area contributed by atoms with Crippen LogP contribution in [-0.2, 0) is 4.74 Å². The molecule has 0 radical (unpaired) electrons. The van der Waals surface area contributed by atoms with E-state index in [9.17, 15) is 0 Å². The molecule has 1 aliphatic heterocycles. The van der Waals surface area contributed by atoms with E-state index in [1.165, 1.54) is 5.69 Å². The molecule has 192 valence electrons. The first-order valence-electron chi connectivity index (χ1n) is 12.7. The van der Waals surface area contributed by atoms with Crippen LogP contribution in [0.15, 0.2) is 85.1 Å². The van der Waals surface area contributed by atoms with E-state index in [0.717, 1.165) is 54.2 Å². The highest BCUT2D eigenvalue weighted by atomic mass is 16.5. The molecule has 3 aromatic carbocycles. The van der Waals surface area contributed by atoms with Gasteiger partial charge in [-0.15, -0.1) is 0 Å². The van der Waals surface area contributed by atoms with Gasteiger partial charge in [-0.25, -0.2) is 0 Å². The predicted molar refractivity (Wildman–Crippen MR) is 153 cm³/mol. The monoisotopic (exact) mass is 506 g/mol. The van der Waals surface area contributed by atoms with Crippen LogP contribution in [0.5, 0.6) is 11.6 Å². The van der Waals surface area contributed by atoms with Gasteiger partial charge < -0.3 is 29.6 Å². The van der Waals surface area contributed by atoms with Crippen molar-refractivity contribution in [3.63, 3.8) is 0 Å². The van der Waals surface area contributed by atoms with E-state index in [1.807, 2.05) is 62.8 Å². The zero-order chi connectivity index (χ0) is 25.9. The molecule has 1 fully saturated rings. The molecule has 5 aromatic rings. The number of nitrogens with one attached hydrogen (secondary N) is 2. The maximum atomic E-state index is 6.33. The number of ether oxygens (including phenoxy) is 2. The number of H-pyrrole nitrogens is 1. The number of hydrogen-bond acceptors (Lipinski definition) is 7. The van der Waals surface area contributed by atoms with E-state index in [-0.39, 0.29) is 0 Å². The van der Waals surface area contributed by atoms with Gasteiger partial charge in [-0.05, 0) is 54.1 Å². The maximum absolute atomic E-state index is 6.33. The van der Waals surface area contributed by atoms with Crippen molar-refractivity contribution in [2.24, 2.45) is 0 Å². The summed E-state index contributed by atoms with van der Waals surface area (Å²) >= 11 is 0. The number of morpholine rings is 1. The molecule has 0 atom stereocenters. The summed E-state index contributed by atoms with van der Waals surface area (Å²) in [5.41, 5.74) is 5.93. The van der Waals surface area contributed by atoms with E-state index >= 15 is 0 Å². The standard InChI is InChI=1S/C30H30N6O2/c1-35(2)24-8-6-7-21(19-24)26-20-31-28-27(26)29(38-25-9-4-3-5-10-25)34-30(33-28)32-22-11-13-23(14-12-22)36-15-17-37-18-16-36/h3-14,19-20H,15-18H2,1-2H3,(H2,31,32,33,34). The fourth-order valence-electron chi connectivity index (χ4n) is 4.62. The Morgan fingerprint density at radius 2 is 1.71 bits per heavy atom. The van der Waals surface area contributed by atoms with Gasteiger partial charge in [-0.1, -0.05) is 30.3 Å². The van der Waals surface area contributed by atoms with Crippen LogP contribution in [0.2, 0.25) is 0 Å². The van der Waals surface area contributed by atoms with Gasteiger partial charge in [0.2, 0.25) is 11.8 Å². The van der Waals surface area contributed by atoms with Gasteiger partial charge in [0.25, 0.3) is 0 Å². The summed E-state index contributed by atoms with van der Waals surface area (Å²) in [7, 11) is 4.07. The minimum atomic E-state index is 0.456. The van der Waals surface area contributed by atoms with Crippen LogP contribution in [0, 0.1) is 0 Å². The summed E-state index contributed by atoms with van der Waals surface area (Å²) in [4.78, 5) is 17.4. The molecule has 38 heavy (non-hydrogen) atoms. The molecule has 6 rings (SSSR count). The minimum Gasteiger partial charge on any atom is -0.438 e. The molecule has 8 heteroatoms. The first kappa shape index (κ1) is 23.8. The van der Waals surface area contributed by atoms with Gasteiger partial charge in [0, 0.05) is 56.0 Å². The summed E-state index contributed by atoms with van der Waals surface area (Å²) in [6.07, 6.45) is 1.97. The van der Waals surface area contributed by atoms with Crippen LogP contribution in [-0.4, -0.2) is 55.4 Å². The van der Waals surface area contributed by atoms with Gasteiger partial charge in [0.1, 0.15) is 11.4 Å². The van der Waals surface area contributed by atoms with Crippen LogP contribution >= 0.6 is 0 Å². The maximum Gasteiger partial charge on any atom is 0.234 e. The van der Waals surface area contributed by atoms with Crippen molar-refractivity contribution in [3.8, 4) is 22.8 Å². The minimum absolute atomic E-state index is 0.456. The Balaban J connectivity index is 1.36. The van der Waals surface area contributed by atoms with E-state index < -0.39 is 0 Å². The van der Waals surface area contributed by atoms with Crippen molar-refractivity contribution in [2.45, 2.75) is 0 Å². The summed E-state index contributed by atoms with van der Waals surface area (Å²) in [5, 5.41) is 4.18. The highest BCUT2D eigenvalue weighted by Gasteiger charge is 2.18. The molecule has 0 spiro atoms. The number of rotatable bonds is 7. The molecule has 3 heterocycles. The second-order valence-electron chi connectivity index (χ2n) is 9.41. The molecule has 8 nitrogen and oxygen atoms in total. The Hall–Kier alpha value is -4.56. The van der Waals surface area contributed by atoms with Crippen molar-refractivity contribution in [2.75, 3.05) is 55.5 Å². The lowest BCUT2D eigenvalue weighted by Gasteiger charge is -2.28. The smallest absolute Gasteiger partial charge is 0.234 e. The van der Waals surface area contributed by atoms with E-state index in [1.54, 1.807) is 0 Å². The Labute approximate surface area is 221 Å². The Bertz CT molecular complexity index is 1530. The lowest BCUT2D eigenvalue weighted by molar-refractivity contribution is 0.122. The third-order valence-electron chi connectivity index (χ3n) is 6.63. The molecule has 1 saturated heterocycles. The predicted octanol–water partition coefficient (Wildman–Crippen LogP) is 6.06. The van der Waals surface area contributed by atoms with Crippen LogP contribution in [0.4, 0.5) is 23.0 Å². The first-order chi connectivity index (χ1) is 18.6. The number of nitrogens with zero attached hydrogens (tertiary/aromatic N) is 4. The summed E-state index contributed by atoms with van der Waals surface area (Å²) in [6, 6.07) is 26.4. The topological polar surface area (TPSA) is 78.5 Å². The van der Waals surface area contributed by atoms with Crippen molar-refractivity contribution in [1.82, 2.24) is 15.0 Å². The van der Waals surface area contributed by atoms with Gasteiger partial charge in [-0.2, -0.15) is 9.97 Å². The normalized spacial score (nSPS) is 13.5. The fourth-order valence-corrected chi connectivity index (χ4v) is 4.62. The summed E-state index contributed by atoms with van der Waals surface area (Å²) < 4.78 is 11.8. The number of hydrogen-bond donors (Lipinski definition) is 2. The van der Waals surface area contributed by atoms with E-state index in [0.29, 0.717) is 23.2 Å². The number of anilines is 4. The number of para-hydroxylation sites is 1. The van der Waals surface area contributed by atoms with Crippen molar-refractivity contribution >= 4 is 34.0 Å². The van der Waals surface area contributed by atoms with Crippen LogP contribution in [0.1, 0.15) is 0 Å². The van der Waals surface area contributed by atoms with E-state index in [4.69, 9.17) is 19.4 Å². The molecular formula is C30H30N6O2. The van der Waals surface area contributed by atoms with Gasteiger partial charge in [0.15, 0.2) is 0 Å². The molecule has 0 unspecified atom stereocenters. The summed E-state index contributed by atoms with van der Waals surface area (Å²) in [6.45, 7) is 3.32. The van der Waals surface area contributed by atoms with Crippen LogP contribution < -0.4 is 19.9 Å². The van der Waals surface area contributed by atoms with Gasteiger partial charge in [-0.3, -0.25) is 0 Å². The average molecular weight is 507 g/mol. The Morgan fingerprint density at radius 1 is 0.921 bits per heavy atom. The second kappa shape index (κ2) is 10.4. The Kier molecular flexibility index (Phi) is 6.54. The second-order valence-corrected chi connectivity index (χ2v) is 9.41. The molecule has 0 aliphatic carbocycles. The average Bonchev–Trinajstić information content (AvgIpc) is 3.39. The lowest BCUT2D eigenvalue weighted by atomic mass is 10.1. The third kappa shape index (κ3) is 4.99. The number of benzene rings is 3. The zero-order valence-electron chi connectivity index (χ0n) is 21.5. The number of aromatic nitrogens is 3. The molecule has 2 N–H and O–H groups in total. The summed E-state index contributed by atoms with van der Waals surface area (Å²) in [5.74, 6) is 1.65. The first-order valence-corrected chi connectivity index (χ1v) is 12.7. The van der Waals surface area contributed by atoms with Gasteiger partial charge >= 0.3 is 0 Å². The molecule has 1 aliphatic rings. The number of aromatic amines is 1. The van der Waals surface area contributed by atoms with Crippen molar-refractivity contribution in [3.05, 3.63) is 85.1 Å². The highest BCUT2D eigenvalue weighted by molar-refractivity contribution is 5.98. The van der Waals surface area contributed by atoms with Crippen LogP contribution in [0.25, 0.3) is 22.2 Å². The third-order valence-corrected chi connectivity index (χ3v) is 6.63. The molecule has 0 saturated carbocycles. The fraction of sp³-hybridized carbons (Fsp3) is 0.200. The zero-order valence-corrected chi connectivity index (χ0v) is 21.5. The quantitative estimate of drug-likeness (QED) is 0.278. The molecular weight excluding hydrogens is 476 g/mol. The van der Waals surface area contributed by atoms with Crippen molar-refractivity contribution < 1.29 is 9.47 Å². The van der Waals surface area contributed by atoms with Crippen LogP contribution in [0.3, 0.4) is 0 Å². The van der Waals surface area contributed by atoms with Crippen molar-refractivity contribution in [1.29, 1.82) is 0 Å². The molecule has 0 bridgehead atoms. The highest BCUT2D eigenvalue weighted by Crippen LogP contribution is 2.37. The van der Waals surface area contributed by atoms with E-state index in [2.05, 4.69) is 56.5 Å². The Morgan fingerprint density at radius 3 is 2.47 bits per heavy atom. The largest absolute Gasteiger partial charge is 0.438 e. The lowest BCUT2D eigenvalue weighted by Crippen LogP contribution is -2.36. The molecule has 2 aromatic heterocycles. The number of fused-ring (bicyclic) bond motifs is 1. The SMILES string of the molecule is CN(C)c1cccc(-c2c[nH]c3nc(Nc4ccc(N5CCOCC5)cc4)nc(Oc4ccccc4)c23)c1. The molecule has 0 amide bonds. The van der Waals surface area contributed by atoms with Gasteiger partial charge in [0.05, 0.1) is 18.6 Å².